The number of benzene rings is 1. The molecule has 0 aliphatic rings. The van der Waals surface area contributed by atoms with E-state index in [1.165, 1.54) is 49.9 Å². The van der Waals surface area contributed by atoms with Crippen LogP contribution in [0.15, 0.2) is 61.1 Å². The molecule has 182 valence electrons. The number of hydrogen-bond donors (Lipinski definition) is 1. The van der Waals surface area contributed by atoms with Crippen molar-refractivity contribution in [2.45, 2.75) is 58.9 Å². The molecule has 0 aliphatic heterocycles. The van der Waals surface area contributed by atoms with Crippen molar-refractivity contribution < 1.29 is 31.1 Å². The number of aromatic nitrogens is 2. The van der Waals surface area contributed by atoms with E-state index in [-0.39, 0.29) is 22.8 Å². The van der Waals surface area contributed by atoms with Crippen LogP contribution >= 0.6 is 11.3 Å². The Labute approximate surface area is 217 Å². The van der Waals surface area contributed by atoms with Gasteiger partial charge in [-0.25, -0.2) is 9.55 Å². The van der Waals surface area contributed by atoms with E-state index in [1.54, 1.807) is 19.4 Å². The van der Waals surface area contributed by atoms with E-state index >= 15 is 0 Å². The Morgan fingerprint density at radius 1 is 1.06 bits per heavy atom. The lowest BCUT2D eigenvalue weighted by Gasteiger charge is -2.02. The number of pyridine rings is 1. The maximum absolute atomic E-state index is 12.7. The molecule has 0 unspecified atom stereocenters. The maximum atomic E-state index is 12.7. The second-order valence-corrected chi connectivity index (χ2v) is 9.10. The minimum absolute atomic E-state index is 0. The Morgan fingerprint density at radius 3 is 2.41 bits per heavy atom. The van der Waals surface area contributed by atoms with Crippen molar-refractivity contribution in [1.29, 1.82) is 0 Å². The van der Waals surface area contributed by atoms with Crippen molar-refractivity contribution in [3.8, 4) is 16.3 Å². The summed E-state index contributed by atoms with van der Waals surface area (Å²) in [6, 6.07) is 11.7. The molecule has 34 heavy (non-hydrogen) atoms. The number of halogens is 1. The number of carbonyl (C=O) groups excluding carboxylic acids is 1. The summed E-state index contributed by atoms with van der Waals surface area (Å²) in [5.74, 6) is 0.744. The van der Waals surface area contributed by atoms with Crippen LogP contribution in [0.2, 0.25) is 0 Å². The van der Waals surface area contributed by atoms with Crippen LogP contribution in [0.4, 0.5) is 5.69 Å². The van der Waals surface area contributed by atoms with E-state index in [0.29, 0.717) is 4.88 Å². The highest BCUT2D eigenvalue weighted by Gasteiger charge is 2.15. The van der Waals surface area contributed by atoms with Gasteiger partial charge >= 0.3 is 0 Å². The van der Waals surface area contributed by atoms with Gasteiger partial charge in [-0.15, -0.1) is 11.3 Å². The Morgan fingerprint density at radius 2 is 1.74 bits per heavy atom. The van der Waals surface area contributed by atoms with Crippen LogP contribution in [0.3, 0.4) is 0 Å². The van der Waals surface area contributed by atoms with Gasteiger partial charge in [0.1, 0.15) is 17.3 Å². The number of nitrogens with zero attached hydrogens (tertiary/aromatic N) is 2. The largest absolute Gasteiger partial charge is 1.00 e. The molecule has 7 heteroatoms. The topological polar surface area (TPSA) is 55.1 Å². The highest BCUT2D eigenvalue weighted by atomic mass is 79.9. The van der Waals surface area contributed by atoms with Crippen LogP contribution < -0.4 is 31.6 Å². The van der Waals surface area contributed by atoms with Crippen LogP contribution in [0.5, 0.6) is 5.75 Å². The number of carbonyl (C=O) groups is 1. The molecule has 1 aromatic carbocycles. The average molecular weight is 545 g/mol. The van der Waals surface area contributed by atoms with Gasteiger partial charge in [0.2, 0.25) is 0 Å². The fourth-order valence-electron chi connectivity index (χ4n) is 3.55. The number of ketones is 1. The first-order valence-corrected chi connectivity index (χ1v) is 12.5. The summed E-state index contributed by atoms with van der Waals surface area (Å²) >= 11 is 1.44. The second-order valence-electron chi connectivity index (χ2n) is 8.10. The van der Waals surface area contributed by atoms with Crippen LogP contribution in [-0.4, -0.2) is 17.9 Å². The lowest BCUT2D eigenvalue weighted by molar-refractivity contribution is -0.697. The molecule has 0 aliphatic carbocycles. The van der Waals surface area contributed by atoms with Crippen LogP contribution in [-0.2, 0) is 6.54 Å². The first kappa shape index (κ1) is 27.7. The monoisotopic (exact) mass is 543 g/mol. The molecule has 2 aromatic heterocycles. The van der Waals surface area contributed by atoms with Gasteiger partial charge in [0.25, 0.3) is 0 Å². The summed E-state index contributed by atoms with van der Waals surface area (Å²) in [6.07, 6.45) is 15.2. The molecule has 0 bridgehead atoms. The van der Waals surface area contributed by atoms with Gasteiger partial charge in [-0.2, -0.15) is 0 Å². The zero-order chi connectivity index (χ0) is 23.5. The molecule has 0 saturated heterocycles. The van der Waals surface area contributed by atoms with Gasteiger partial charge in [-0.3, -0.25) is 4.79 Å². The summed E-state index contributed by atoms with van der Waals surface area (Å²) in [4.78, 5) is 18.0. The first-order valence-electron chi connectivity index (χ1n) is 11.7. The standard InChI is InChI=1S/C27H33N3O2S.BrH/c1-4-5-6-7-8-9-18-30-19-15-22(16-20-30)27-29-21(2)26(33-27)25(31)14-17-28-23-10-12-24(32-3)13-11-23;/h10-17,19-20H,4-9,18H2,1-3H3;1H. The third-order valence-corrected chi connectivity index (χ3v) is 6.72. The van der Waals surface area contributed by atoms with Gasteiger partial charge in [0.15, 0.2) is 18.2 Å². The molecule has 1 N–H and O–H groups in total. The number of anilines is 1. The van der Waals surface area contributed by atoms with Crippen LogP contribution in [0.1, 0.15) is 60.8 Å². The van der Waals surface area contributed by atoms with E-state index in [0.717, 1.165) is 34.2 Å². The number of unbranched alkanes of at least 4 members (excludes halogenated alkanes) is 5. The number of thiazole rings is 1. The SMILES string of the molecule is CCCCCCCC[n+]1ccc(-c2nc(C)c(C(=O)/C=C\Nc3ccc(OC)cc3)s2)cc1.[Br-]. The smallest absolute Gasteiger partial charge is 0.199 e. The molecule has 5 nitrogen and oxygen atoms in total. The molecule has 0 spiro atoms. The molecule has 0 amide bonds. The van der Waals surface area contributed by atoms with Crippen molar-refractivity contribution in [3.05, 3.63) is 71.6 Å². The number of methoxy groups -OCH3 is 1. The second kappa shape index (κ2) is 14.7. The number of aryl methyl sites for hydroxylation is 2. The van der Waals surface area contributed by atoms with Crippen LogP contribution in [0.25, 0.3) is 10.6 Å². The first-order chi connectivity index (χ1) is 16.1. The molecule has 0 saturated carbocycles. The highest BCUT2D eigenvalue weighted by Crippen LogP contribution is 2.28. The molecule has 2 heterocycles. The van der Waals surface area contributed by atoms with Crippen molar-refractivity contribution >= 4 is 22.8 Å². The number of ether oxygens (including phenoxy) is 1. The average Bonchev–Trinajstić information content (AvgIpc) is 3.23. The van der Waals surface area contributed by atoms with Gasteiger partial charge in [-0.05, 0) is 37.6 Å². The summed E-state index contributed by atoms with van der Waals surface area (Å²) < 4.78 is 7.38. The molecular weight excluding hydrogens is 510 g/mol. The van der Waals surface area contributed by atoms with Gasteiger partial charge in [0.05, 0.1) is 17.7 Å². The van der Waals surface area contributed by atoms with Crippen molar-refractivity contribution in [2.75, 3.05) is 12.4 Å². The summed E-state index contributed by atoms with van der Waals surface area (Å²) in [6.45, 7) is 5.18. The third kappa shape index (κ3) is 8.37. The summed E-state index contributed by atoms with van der Waals surface area (Å²) in [5, 5.41) is 3.99. The van der Waals surface area contributed by atoms with E-state index in [9.17, 15) is 4.79 Å². The normalized spacial score (nSPS) is 10.8. The molecule has 0 atom stereocenters. The molecule has 0 fully saturated rings. The number of hydrogen-bond acceptors (Lipinski definition) is 5. The molecular formula is C27H34BrN3O2S. The predicted molar refractivity (Wildman–Crippen MR) is 136 cm³/mol. The number of allylic oxidation sites excluding steroid dienone is 1. The van der Waals surface area contributed by atoms with Gasteiger partial charge in [-0.1, -0.05) is 32.6 Å². The zero-order valence-corrected chi connectivity index (χ0v) is 22.6. The predicted octanol–water partition coefficient (Wildman–Crippen LogP) is 3.59. The van der Waals surface area contributed by atoms with Crippen molar-refractivity contribution in [3.63, 3.8) is 0 Å². The molecule has 3 aromatic rings. The Hall–Kier alpha value is -2.51. The van der Waals surface area contributed by atoms with Crippen LogP contribution in [0, 0.1) is 6.92 Å². The van der Waals surface area contributed by atoms with Crippen molar-refractivity contribution in [2.24, 2.45) is 0 Å². The van der Waals surface area contributed by atoms with Gasteiger partial charge in [0, 0.05) is 42.1 Å². The lowest BCUT2D eigenvalue weighted by atomic mass is 10.1. The Bertz CT molecular complexity index is 1050. The third-order valence-electron chi connectivity index (χ3n) is 5.50. The van der Waals surface area contributed by atoms with E-state index in [1.807, 2.05) is 31.2 Å². The minimum Gasteiger partial charge on any atom is -1.00 e. The Balaban J connectivity index is 0.00000408. The molecule has 3 rings (SSSR count). The zero-order valence-electron chi connectivity index (χ0n) is 20.2. The highest BCUT2D eigenvalue weighted by molar-refractivity contribution is 7.17. The lowest BCUT2D eigenvalue weighted by Crippen LogP contribution is -3.00. The number of nitrogens with one attached hydrogen (secondary N) is 1. The molecule has 0 radical (unpaired) electrons. The summed E-state index contributed by atoms with van der Waals surface area (Å²) in [7, 11) is 1.64. The van der Waals surface area contributed by atoms with Gasteiger partial charge < -0.3 is 27.0 Å². The summed E-state index contributed by atoms with van der Waals surface area (Å²) in [5.41, 5.74) is 2.69. The van der Waals surface area contributed by atoms with E-state index < -0.39 is 0 Å². The van der Waals surface area contributed by atoms with E-state index in [4.69, 9.17) is 4.74 Å². The fourth-order valence-corrected chi connectivity index (χ4v) is 4.54. The fraction of sp³-hybridized carbons (Fsp3) is 0.370. The minimum atomic E-state index is -0.0497. The Kier molecular flexibility index (Phi) is 12.0. The number of rotatable bonds is 13. The van der Waals surface area contributed by atoms with Crippen molar-refractivity contribution in [1.82, 2.24) is 4.98 Å². The maximum Gasteiger partial charge on any atom is 0.199 e. The van der Waals surface area contributed by atoms with E-state index in [2.05, 4.69) is 46.3 Å². The quantitative estimate of drug-likeness (QED) is 0.155.